The van der Waals surface area contributed by atoms with Gasteiger partial charge in [0.1, 0.15) is 5.60 Å². The number of carbonyl (C=O) groups is 1. The number of carbonyl (C=O) groups excluding carboxylic acids is 1. The van der Waals surface area contributed by atoms with E-state index in [0.29, 0.717) is 38.7 Å². The van der Waals surface area contributed by atoms with E-state index in [2.05, 4.69) is 4.99 Å². The van der Waals surface area contributed by atoms with E-state index in [4.69, 9.17) is 10.5 Å². The Labute approximate surface area is 160 Å². The molecule has 1 aliphatic heterocycles. The van der Waals surface area contributed by atoms with E-state index >= 15 is 0 Å². The molecule has 1 saturated heterocycles. The number of nitrogens with two attached hydrogens (primary N) is 1. The average molecular weight is 449 g/mol. The van der Waals surface area contributed by atoms with E-state index in [9.17, 15) is 4.79 Å². The summed E-state index contributed by atoms with van der Waals surface area (Å²) in [5, 5.41) is 0. The summed E-state index contributed by atoms with van der Waals surface area (Å²) in [6.45, 7) is 8.71. The van der Waals surface area contributed by atoms with Crippen LogP contribution in [0.4, 0.5) is 4.79 Å². The van der Waals surface area contributed by atoms with Gasteiger partial charge in [-0.2, -0.15) is 0 Å². The molecule has 0 unspecified atom stereocenters. The maximum atomic E-state index is 12.0. The first kappa shape index (κ1) is 20.6. The quantitative estimate of drug-likeness (QED) is 0.426. The molecule has 1 amide bonds. The molecule has 1 fully saturated rings. The molecule has 0 spiro atoms. The van der Waals surface area contributed by atoms with Crippen LogP contribution in [0.25, 0.3) is 0 Å². The van der Waals surface area contributed by atoms with Gasteiger partial charge in [-0.3, -0.25) is 0 Å². The number of piperazine rings is 1. The highest BCUT2D eigenvalue weighted by Crippen LogP contribution is 2.12. The van der Waals surface area contributed by atoms with Crippen molar-refractivity contribution in [3.8, 4) is 0 Å². The number of aromatic nitrogens is 1. The van der Waals surface area contributed by atoms with Crippen molar-refractivity contribution in [2.24, 2.45) is 17.8 Å². The molecule has 0 aromatic carbocycles. The highest BCUT2D eigenvalue weighted by Gasteiger charge is 2.26. The van der Waals surface area contributed by atoms with Crippen LogP contribution >= 0.6 is 24.0 Å². The first-order valence-electron chi connectivity index (χ1n) is 7.88. The summed E-state index contributed by atoms with van der Waals surface area (Å²) >= 11 is 0. The van der Waals surface area contributed by atoms with Crippen LogP contribution in [0.5, 0.6) is 0 Å². The van der Waals surface area contributed by atoms with Crippen molar-refractivity contribution in [3.63, 3.8) is 0 Å². The molecule has 0 atom stereocenters. The van der Waals surface area contributed by atoms with Crippen LogP contribution in [0, 0.1) is 0 Å². The summed E-state index contributed by atoms with van der Waals surface area (Å²) in [6.07, 6.45) is 3.75. The number of rotatable bonds is 2. The molecule has 0 bridgehead atoms. The molecule has 136 valence electrons. The first-order valence-corrected chi connectivity index (χ1v) is 7.88. The van der Waals surface area contributed by atoms with E-state index in [0.717, 1.165) is 5.56 Å². The van der Waals surface area contributed by atoms with Crippen LogP contribution in [-0.4, -0.2) is 58.2 Å². The third kappa shape index (κ3) is 6.21. The number of aryl methyl sites for hydroxylation is 1. The minimum Gasteiger partial charge on any atom is -0.444 e. The van der Waals surface area contributed by atoms with Crippen LogP contribution in [0.15, 0.2) is 23.5 Å². The molecule has 2 rings (SSSR count). The molecule has 0 radical (unpaired) electrons. The van der Waals surface area contributed by atoms with Gasteiger partial charge in [-0.05, 0) is 32.4 Å². The lowest BCUT2D eigenvalue weighted by Gasteiger charge is -2.36. The van der Waals surface area contributed by atoms with Gasteiger partial charge < -0.3 is 24.8 Å². The van der Waals surface area contributed by atoms with Crippen molar-refractivity contribution in [1.29, 1.82) is 0 Å². The predicted octanol–water partition coefficient (Wildman–Crippen LogP) is 2.01. The fourth-order valence-corrected chi connectivity index (χ4v) is 2.37. The lowest BCUT2D eigenvalue weighted by atomic mass is 10.2. The van der Waals surface area contributed by atoms with E-state index in [1.165, 1.54) is 0 Å². The fraction of sp³-hybridized carbons (Fsp3) is 0.625. The van der Waals surface area contributed by atoms with Gasteiger partial charge in [-0.25, -0.2) is 9.79 Å². The SMILES string of the molecule is Cn1ccc(CN=C(N)N2CCN(C(=O)OC(C)(C)C)CC2)c1.I. The normalized spacial score (nSPS) is 15.9. The Morgan fingerprint density at radius 2 is 1.83 bits per heavy atom. The molecule has 0 saturated carbocycles. The van der Waals surface area contributed by atoms with Crippen LogP contribution in [-0.2, 0) is 18.3 Å². The molecule has 7 nitrogen and oxygen atoms in total. The number of aliphatic imine (C=N–C) groups is 1. The molecule has 2 heterocycles. The monoisotopic (exact) mass is 449 g/mol. The van der Waals surface area contributed by atoms with E-state index in [-0.39, 0.29) is 30.1 Å². The number of guanidine groups is 1. The summed E-state index contributed by atoms with van der Waals surface area (Å²) in [6, 6.07) is 2.03. The van der Waals surface area contributed by atoms with E-state index < -0.39 is 5.60 Å². The number of hydrogen-bond donors (Lipinski definition) is 1. The Morgan fingerprint density at radius 3 is 2.33 bits per heavy atom. The zero-order valence-corrected chi connectivity index (χ0v) is 17.2. The lowest BCUT2D eigenvalue weighted by Crippen LogP contribution is -2.53. The first-order chi connectivity index (χ1) is 10.7. The predicted molar refractivity (Wildman–Crippen MR) is 106 cm³/mol. The van der Waals surface area contributed by atoms with Gasteiger partial charge in [0.2, 0.25) is 0 Å². The summed E-state index contributed by atoms with van der Waals surface area (Å²) in [5.41, 5.74) is 6.72. The minimum atomic E-state index is -0.468. The summed E-state index contributed by atoms with van der Waals surface area (Å²) < 4.78 is 7.37. The molecule has 8 heteroatoms. The zero-order valence-electron chi connectivity index (χ0n) is 14.9. The lowest BCUT2D eigenvalue weighted by molar-refractivity contribution is 0.0186. The standard InChI is InChI=1S/C16H27N5O2.HI/c1-16(2,3)23-15(22)21-9-7-20(8-10-21)14(17)18-11-13-5-6-19(4)12-13;/h5-6,12H,7-11H2,1-4H3,(H2,17,18);1H. The minimum absolute atomic E-state index is 0. The molecular formula is C16H28IN5O2. The number of nitrogens with zero attached hydrogens (tertiary/aromatic N) is 4. The van der Waals surface area contributed by atoms with Crippen LogP contribution in [0.1, 0.15) is 26.3 Å². The summed E-state index contributed by atoms with van der Waals surface area (Å²) in [4.78, 5) is 20.2. The van der Waals surface area contributed by atoms with Crippen molar-refractivity contribution >= 4 is 36.0 Å². The summed E-state index contributed by atoms with van der Waals surface area (Å²) in [7, 11) is 1.98. The van der Waals surface area contributed by atoms with Crippen molar-refractivity contribution in [2.75, 3.05) is 26.2 Å². The van der Waals surface area contributed by atoms with Crippen molar-refractivity contribution in [3.05, 3.63) is 24.0 Å². The Kier molecular flexibility index (Phi) is 7.37. The molecule has 1 aliphatic rings. The number of hydrogen-bond acceptors (Lipinski definition) is 3. The molecule has 0 aliphatic carbocycles. The molecular weight excluding hydrogens is 421 g/mol. The van der Waals surface area contributed by atoms with Gasteiger partial charge in [0.25, 0.3) is 0 Å². The average Bonchev–Trinajstić information content (AvgIpc) is 2.89. The van der Waals surface area contributed by atoms with Gasteiger partial charge in [0, 0.05) is 45.6 Å². The maximum Gasteiger partial charge on any atom is 0.410 e. The third-order valence-electron chi connectivity index (χ3n) is 3.57. The van der Waals surface area contributed by atoms with Gasteiger partial charge in [-0.15, -0.1) is 24.0 Å². The Bertz CT molecular complexity index is 571. The van der Waals surface area contributed by atoms with Gasteiger partial charge in [0.15, 0.2) is 5.96 Å². The van der Waals surface area contributed by atoms with Gasteiger partial charge >= 0.3 is 6.09 Å². The largest absolute Gasteiger partial charge is 0.444 e. The Morgan fingerprint density at radius 1 is 1.25 bits per heavy atom. The molecule has 1 aromatic rings. The van der Waals surface area contributed by atoms with E-state index in [1.54, 1.807) is 4.90 Å². The second-order valence-corrected chi connectivity index (χ2v) is 6.81. The zero-order chi connectivity index (χ0) is 17.0. The van der Waals surface area contributed by atoms with Gasteiger partial charge in [-0.1, -0.05) is 0 Å². The van der Waals surface area contributed by atoms with Crippen LogP contribution in [0.3, 0.4) is 0 Å². The second kappa shape index (κ2) is 8.59. The van der Waals surface area contributed by atoms with Gasteiger partial charge in [0.05, 0.1) is 6.54 Å². The topological polar surface area (TPSA) is 76.1 Å². The van der Waals surface area contributed by atoms with Crippen LogP contribution in [0.2, 0.25) is 0 Å². The Hall–Kier alpha value is -1.45. The molecule has 1 aromatic heterocycles. The highest BCUT2D eigenvalue weighted by molar-refractivity contribution is 14.0. The van der Waals surface area contributed by atoms with Crippen molar-refractivity contribution in [1.82, 2.24) is 14.4 Å². The van der Waals surface area contributed by atoms with E-state index in [1.807, 2.05) is 55.7 Å². The van der Waals surface area contributed by atoms with Crippen molar-refractivity contribution < 1.29 is 9.53 Å². The maximum absolute atomic E-state index is 12.0. The highest BCUT2D eigenvalue weighted by atomic mass is 127. The summed E-state index contributed by atoms with van der Waals surface area (Å²) in [5.74, 6) is 0.526. The third-order valence-corrected chi connectivity index (χ3v) is 3.57. The molecule has 2 N–H and O–H groups in total. The number of ether oxygens (including phenoxy) is 1. The van der Waals surface area contributed by atoms with Crippen LogP contribution < -0.4 is 5.73 Å². The number of halogens is 1. The number of amides is 1. The second-order valence-electron chi connectivity index (χ2n) is 6.81. The smallest absolute Gasteiger partial charge is 0.410 e. The molecule has 24 heavy (non-hydrogen) atoms. The fourth-order valence-electron chi connectivity index (χ4n) is 2.37. The van der Waals surface area contributed by atoms with Crippen molar-refractivity contribution in [2.45, 2.75) is 32.9 Å². The Balaban J connectivity index is 0.00000288.